The molecule has 1 atom stereocenters. The summed E-state index contributed by atoms with van der Waals surface area (Å²) in [6, 6.07) is 6.86. The lowest BCUT2D eigenvalue weighted by atomic mass is 9.91. The van der Waals surface area contributed by atoms with Gasteiger partial charge in [0.2, 0.25) is 0 Å². The highest BCUT2D eigenvalue weighted by molar-refractivity contribution is 5.66. The fourth-order valence-corrected chi connectivity index (χ4v) is 2.60. The Kier molecular flexibility index (Phi) is 3.11. The van der Waals surface area contributed by atoms with Crippen LogP contribution in [0.1, 0.15) is 24.5 Å². The van der Waals surface area contributed by atoms with E-state index in [-0.39, 0.29) is 5.82 Å². The number of H-pyrrole nitrogens is 1. The molecule has 1 aliphatic heterocycles. The Morgan fingerprint density at radius 1 is 1.22 bits per heavy atom. The molecule has 2 aromatic rings. The summed E-state index contributed by atoms with van der Waals surface area (Å²) < 4.78 is 13.8. The molecule has 3 nitrogen and oxygen atoms in total. The van der Waals surface area contributed by atoms with Crippen molar-refractivity contribution in [2.24, 2.45) is 0 Å². The number of nitrogens with one attached hydrogen (secondary N) is 2. The molecule has 0 radical (unpaired) electrons. The Balaban J connectivity index is 1.98. The molecular weight excluding hydrogens is 229 g/mol. The number of rotatable bonds is 2. The molecule has 2 N–H and O–H groups in total. The molecule has 0 saturated carbocycles. The SMILES string of the molecule is Fc1ccccc1-c1cn[nH]c1C1CCCNC1. The summed E-state index contributed by atoms with van der Waals surface area (Å²) in [6.07, 6.45) is 4.00. The van der Waals surface area contributed by atoms with Gasteiger partial charge in [-0.3, -0.25) is 5.10 Å². The van der Waals surface area contributed by atoms with Gasteiger partial charge in [-0.25, -0.2) is 4.39 Å². The summed E-state index contributed by atoms with van der Waals surface area (Å²) in [5.74, 6) is 0.208. The maximum atomic E-state index is 13.8. The molecule has 1 aliphatic rings. The lowest BCUT2D eigenvalue weighted by molar-refractivity contribution is 0.454. The number of hydrogen-bond donors (Lipinski definition) is 2. The van der Waals surface area contributed by atoms with Crippen molar-refractivity contribution in [1.82, 2.24) is 15.5 Å². The van der Waals surface area contributed by atoms with Crippen molar-refractivity contribution >= 4 is 0 Å². The number of nitrogens with zero attached hydrogens (tertiary/aromatic N) is 1. The first kappa shape index (κ1) is 11.4. The van der Waals surface area contributed by atoms with Crippen LogP contribution in [0.3, 0.4) is 0 Å². The average Bonchev–Trinajstić information content (AvgIpc) is 2.89. The molecule has 3 rings (SSSR count). The Morgan fingerprint density at radius 3 is 2.89 bits per heavy atom. The molecule has 2 heterocycles. The fourth-order valence-electron chi connectivity index (χ4n) is 2.60. The third kappa shape index (κ3) is 2.04. The molecular formula is C14H16FN3. The number of piperidine rings is 1. The molecule has 94 valence electrons. The predicted molar refractivity (Wildman–Crippen MR) is 68.8 cm³/mol. The zero-order valence-electron chi connectivity index (χ0n) is 10.1. The van der Waals surface area contributed by atoms with Crippen LogP contribution in [0.15, 0.2) is 30.5 Å². The van der Waals surface area contributed by atoms with Crippen molar-refractivity contribution in [1.29, 1.82) is 0 Å². The van der Waals surface area contributed by atoms with Crippen LogP contribution in [0, 0.1) is 5.82 Å². The summed E-state index contributed by atoms with van der Waals surface area (Å²) in [6.45, 7) is 2.00. The molecule has 18 heavy (non-hydrogen) atoms. The van der Waals surface area contributed by atoms with E-state index in [0.29, 0.717) is 11.5 Å². The third-order valence-corrected chi connectivity index (χ3v) is 3.54. The van der Waals surface area contributed by atoms with Crippen molar-refractivity contribution in [2.75, 3.05) is 13.1 Å². The van der Waals surface area contributed by atoms with Crippen molar-refractivity contribution < 1.29 is 4.39 Å². The number of aromatic amines is 1. The van der Waals surface area contributed by atoms with Gasteiger partial charge < -0.3 is 5.32 Å². The molecule has 1 unspecified atom stereocenters. The normalized spacial score (nSPS) is 19.9. The average molecular weight is 245 g/mol. The summed E-state index contributed by atoms with van der Waals surface area (Å²) in [7, 11) is 0. The van der Waals surface area contributed by atoms with Gasteiger partial charge in [0.15, 0.2) is 0 Å². The molecule has 1 aromatic carbocycles. The van der Waals surface area contributed by atoms with Crippen molar-refractivity contribution in [3.63, 3.8) is 0 Å². The van der Waals surface area contributed by atoms with Crippen molar-refractivity contribution in [3.8, 4) is 11.1 Å². The van der Waals surface area contributed by atoms with E-state index >= 15 is 0 Å². The van der Waals surface area contributed by atoms with Gasteiger partial charge >= 0.3 is 0 Å². The largest absolute Gasteiger partial charge is 0.316 e. The van der Waals surface area contributed by atoms with Gasteiger partial charge in [-0.2, -0.15) is 5.10 Å². The van der Waals surface area contributed by atoms with Crippen LogP contribution in [0.2, 0.25) is 0 Å². The van der Waals surface area contributed by atoms with E-state index in [0.717, 1.165) is 37.2 Å². The van der Waals surface area contributed by atoms with Crippen molar-refractivity contribution in [2.45, 2.75) is 18.8 Å². The van der Waals surface area contributed by atoms with Gasteiger partial charge in [-0.05, 0) is 25.5 Å². The van der Waals surface area contributed by atoms with Crippen LogP contribution in [0.5, 0.6) is 0 Å². The fraction of sp³-hybridized carbons (Fsp3) is 0.357. The second-order valence-electron chi connectivity index (χ2n) is 4.72. The van der Waals surface area contributed by atoms with E-state index in [1.54, 1.807) is 18.3 Å². The monoisotopic (exact) mass is 245 g/mol. The Morgan fingerprint density at radius 2 is 2.11 bits per heavy atom. The van der Waals surface area contributed by atoms with Gasteiger partial charge in [-0.1, -0.05) is 18.2 Å². The first-order chi connectivity index (χ1) is 8.86. The van der Waals surface area contributed by atoms with E-state index in [2.05, 4.69) is 15.5 Å². The summed E-state index contributed by atoms with van der Waals surface area (Å²) in [5.41, 5.74) is 2.57. The second kappa shape index (κ2) is 4.90. The van der Waals surface area contributed by atoms with E-state index in [9.17, 15) is 4.39 Å². The van der Waals surface area contributed by atoms with Gasteiger partial charge in [0.1, 0.15) is 5.82 Å². The van der Waals surface area contributed by atoms with Crippen LogP contribution in [-0.2, 0) is 0 Å². The summed E-state index contributed by atoms with van der Waals surface area (Å²) >= 11 is 0. The zero-order chi connectivity index (χ0) is 12.4. The smallest absolute Gasteiger partial charge is 0.131 e. The first-order valence-electron chi connectivity index (χ1n) is 6.35. The quantitative estimate of drug-likeness (QED) is 0.854. The maximum Gasteiger partial charge on any atom is 0.131 e. The Hall–Kier alpha value is -1.68. The highest BCUT2D eigenvalue weighted by Crippen LogP contribution is 2.32. The number of aromatic nitrogens is 2. The van der Waals surface area contributed by atoms with Gasteiger partial charge in [0, 0.05) is 29.3 Å². The minimum absolute atomic E-state index is 0.191. The second-order valence-corrected chi connectivity index (χ2v) is 4.72. The van der Waals surface area contributed by atoms with E-state index in [4.69, 9.17) is 0 Å². The van der Waals surface area contributed by atoms with E-state index in [1.807, 2.05) is 6.07 Å². The lowest BCUT2D eigenvalue weighted by Gasteiger charge is -2.22. The van der Waals surface area contributed by atoms with Crippen LogP contribution in [0.4, 0.5) is 4.39 Å². The van der Waals surface area contributed by atoms with Crippen molar-refractivity contribution in [3.05, 3.63) is 42.0 Å². The van der Waals surface area contributed by atoms with Gasteiger partial charge in [0.25, 0.3) is 0 Å². The standard InChI is InChI=1S/C14H16FN3/c15-13-6-2-1-5-11(13)12-9-17-18-14(12)10-4-3-7-16-8-10/h1-2,5-6,9-10,16H,3-4,7-8H2,(H,17,18). The Bertz CT molecular complexity index is 529. The molecule has 1 saturated heterocycles. The summed E-state index contributed by atoms with van der Waals surface area (Å²) in [5, 5.41) is 10.5. The van der Waals surface area contributed by atoms with E-state index < -0.39 is 0 Å². The number of hydrogen-bond acceptors (Lipinski definition) is 2. The third-order valence-electron chi connectivity index (χ3n) is 3.54. The molecule has 0 bridgehead atoms. The Labute approximate surface area is 105 Å². The molecule has 0 aliphatic carbocycles. The minimum atomic E-state index is -0.191. The molecule has 4 heteroatoms. The minimum Gasteiger partial charge on any atom is -0.316 e. The topological polar surface area (TPSA) is 40.7 Å². The highest BCUT2D eigenvalue weighted by Gasteiger charge is 2.21. The molecule has 1 fully saturated rings. The van der Waals surface area contributed by atoms with E-state index in [1.165, 1.54) is 6.07 Å². The number of halogens is 1. The highest BCUT2D eigenvalue weighted by atomic mass is 19.1. The summed E-state index contributed by atoms with van der Waals surface area (Å²) in [4.78, 5) is 0. The first-order valence-corrected chi connectivity index (χ1v) is 6.35. The maximum absolute atomic E-state index is 13.8. The van der Waals surface area contributed by atoms with Crippen LogP contribution in [0.25, 0.3) is 11.1 Å². The molecule has 0 spiro atoms. The zero-order valence-corrected chi connectivity index (χ0v) is 10.1. The number of benzene rings is 1. The lowest BCUT2D eigenvalue weighted by Crippen LogP contribution is -2.28. The van der Waals surface area contributed by atoms with Crippen LogP contribution >= 0.6 is 0 Å². The van der Waals surface area contributed by atoms with Gasteiger partial charge in [0.05, 0.1) is 6.20 Å². The van der Waals surface area contributed by atoms with Crippen LogP contribution in [-0.4, -0.2) is 23.3 Å². The van der Waals surface area contributed by atoms with Gasteiger partial charge in [-0.15, -0.1) is 0 Å². The van der Waals surface area contributed by atoms with Crippen LogP contribution < -0.4 is 5.32 Å². The predicted octanol–water partition coefficient (Wildman–Crippen LogP) is 2.68. The molecule has 0 amide bonds. The molecule has 1 aromatic heterocycles.